The topological polar surface area (TPSA) is 85.1 Å². The van der Waals surface area contributed by atoms with Crippen LogP contribution in [-0.4, -0.2) is 28.8 Å². The fourth-order valence-electron chi connectivity index (χ4n) is 2.27. The lowest BCUT2D eigenvalue weighted by Gasteiger charge is -2.09. The van der Waals surface area contributed by atoms with Crippen molar-refractivity contribution in [3.05, 3.63) is 60.2 Å². The Morgan fingerprint density at radius 2 is 2.04 bits per heavy atom. The molecule has 0 amide bonds. The van der Waals surface area contributed by atoms with E-state index in [0.29, 0.717) is 24.9 Å². The van der Waals surface area contributed by atoms with Gasteiger partial charge in [0.2, 0.25) is 5.95 Å². The average Bonchev–Trinajstić information content (AvgIpc) is 3.14. The molecule has 0 spiro atoms. The van der Waals surface area contributed by atoms with Crippen molar-refractivity contribution in [2.24, 2.45) is 0 Å². The van der Waals surface area contributed by atoms with Gasteiger partial charge in [-0.05, 0) is 30.2 Å². The third kappa shape index (κ3) is 4.22. The molecule has 1 aromatic carbocycles. The highest BCUT2D eigenvalue weighted by atomic mass is 16.5. The van der Waals surface area contributed by atoms with Crippen LogP contribution in [0.5, 0.6) is 5.75 Å². The third-order valence-electron chi connectivity index (χ3n) is 3.45. The third-order valence-corrected chi connectivity index (χ3v) is 3.45. The Labute approximate surface area is 140 Å². The quantitative estimate of drug-likeness (QED) is 0.658. The Balaban J connectivity index is 1.53. The second kappa shape index (κ2) is 7.96. The highest BCUT2D eigenvalue weighted by molar-refractivity contribution is 5.38. The molecular formula is C17H19N5O2. The number of benzene rings is 1. The van der Waals surface area contributed by atoms with Crippen molar-refractivity contribution in [3.63, 3.8) is 0 Å². The summed E-state index contributed by atoms with van der Waals surface area (Å²) in [7, 11) is 1.67. The molecule has 0 saturated carbocycles. The van der Waals surface area contributed by atoms with Crippen molar-refractivity contribution in [2.45, 2.75) is 13.0 Å². The summed E-state index contributed by atoms with van der Waals surface area (Å²) in [5.41, 5.74) is 1.13. The maximum absolute atomic E-state index is 5.34. The zero-order valence-corrected chi connectivity index (χ0v) is 13.4. The van der Waals surface area contributed by atoms with Crippen LogP contribution < -0.4 is 15.4 Å². The fourth-order valence-corrected chi connectivity index (χ4v) is 2.27. The summed E-state index contributed by atoms with van der Waals surface area (Å²) in [4.78, 5) is 4.38. The van der Waals surface area contributed by atoms with Gasteiger partial charge in [0.25, 0.3) is 0 Å². The summed E-state index contributed by atoms with van der Waals surface area (Å²) in [6.45, 7) is 1.23. The van der Waals surface area contributed by atoms with Crippen LogP contribution in [-0.2, 0) is 13.0 Å². The monoisotopic (exact) mass is 325 g/mol. The van der Waals surface area contributed by atoms with Crippen LogP contribution in [0.25, 0.3) is 0 Å². The lowest BCUT2D eigenvalue weighted by atomic mass is 10.1. The number of furan rings is 1. The molecule has 124 valence electrons. The number of ether oxygens (including phenoxy) is 1. The molecule has 0 radical (unpaired) electrons. The van der Waals surface area contributed by atoms with E-state index in [2.05, 4.69) is 25.8 Å². The number of hydrogen-bond acceptors (Lipinski definition) is 7. The van der Waals surface area contributed by atoms with Crippen LogP contribution in [0.2, 0.25) is 0 Å². The van der Waals surface area contributed by atoms with Crippen molar-refractivity contribution in [1.29, 1.82) is 0 Å². The molecule has 2 N–H and O–H groups in total. The number of nitrogens with zero attached hydrogens (tertiary/aromatic N) is 3. The van der Waals surface area contributed by atoms with Gasteiger partial charge in [0.15, 0.2) is 5.82 Å². The minimum absolute atomic E-state index is 0.481. The van der Waals surface area contributed by atoms with Crippen LogP contribution in [0.3, 0.4) is 0 Å². The molecule has 2 aromatic heterocycles. The summed E-state index contributed by atoms with van der Waals surface area (Å²) in [5, 5.41) is 14.3. The van der Waals surface area contributed by atoms with E-state index >= 15 is 0 Å². The van der Waals surface area contributed by atoms with Crippen molar-refractivity contribution in [1.82, 2.24) is 15.2 Å². The second-order valence-electron chi connectivity index (χ2n) is 5.09. The predicted molar refractivity (Wildman–Crippen MR) is 91.0 cm³/mol. The van der Waals surface area contributed by atoms with Crippen LogP contribution in [0.15, 0.2) is 53.3 Å². The number of para-hydroxylation sites is 1. The minimum atomic E-state index is 0.481. The Hall–Kier alpha value is -3.09. The molecule has 0 aliphatic rings. The molecular weight excluding hydrogens is 306 g/mol. The summed E-state index contributed by atoms with van der Waals surface area (Å²) in [6, 6.07) is 11.7. The smallest absolute Gasteiger partial charge is 0.244 e. The normalized spacial score (nSPS) is 10.4. The van der Waals surface area contributed by atoms with E-state index < -0.39 is 0 Å². The van der Waals surface area contributed by atoms with Crippen LogP contribution in [0, 0.1) is 0 Å². The van der Waals surface area contributed by atoms with E-state index in [9.17, 15) is 0 Å². The van der Waals surface area contributed by atoms with Gasteiger partial charge in [0.05, 0.1) is 26.1 Å². The van der Waals surface area contributed by atoms with Crippen molar-refractivity contribution in [3.8, 4) is 5.75 Å². The maximum Gasteiger partial charge on any atom is 0.244 e. The number of anilines is 2. The van der Waals surface area contributed by atoms with E-state index in [1.165, 1.54) is 0 Å². The molecule has 3 rings (SSSR count). The van der Waals surface area contributed by atoms with Gasteiger partial charge < -0.3 is 19.8 Å². The molecule has 0 bridgehead atoms. The summed E-state index contributed by atoms with van der Waals surface area (Å²) in [6.07, 6.45) is 4.02. The van der Waals surface area contributed by atoms with Gasteiger partial charge in [-0.2, -0.15) is 10.1 Å². The standard InChI is InChI=1S/C17H19N5O2/c1-23-15-7-3-2-5-13(15)8-9-18-17-21-16(12-20-22-17)19-11-14-6-4-10-24-14/h2-7,10,12H,8-9,11H2,1H3,(H2,18,19,21,22). The van der Waals surface area contributed by atoms with Gasteiger partial charge in [-0.15, -0.1) is 5.10 Å². The Kier molecular flexibility index (Phi) is 5.24. The van der Waals surface area contributed by atoms with Crippen LogP contribution in [0.4, 0.5) is 11.8 Å². The van der Waals surface area contributed by atoms with E-state index in [0.717, 1.165) is 23.5 Å². The minimum Gasteiger partial charge on any atom is -0.496 e. The first-order chi connectivity index (χ1) is 11.8. The molecule has 0 aliphatic heterocycles. The summed E-state index contributed by atoms with van der Waals surface area (Å²) < 4.78 is 10.6. The van der Waals surface area contributed by atoms with Crippen molar-refractivity contribution < 1.29 is 9.15 Å². The van der Waals surface area contributed by atoms with E-state index in [4.69, 9.17) is 9.15 Å². The first kappa shape index (κ1) is 15.8. The number of aromatic nitrogens is 3. The number of methoxy groups -OCH3 is 1. The fraction of sp³-hybridized carbons (Fsp3) is 0.235. The molecule has 2 heterocycles. The van der Waals surface area contributed by atoms with Gasteiger partial charge in [0, 0.05) is 6.54 Å². The van der Waals surface area contributed by atoms with Crippen LogP contribution >= 0.6 is 0 Å². The largest absolute Gasteiger partial charge is 0.496 e. The molecule has 0 aliphatic carbocycles. The van der Waals surface area contributed by atoms with Gasteiger partial charge >= 0.3 is 0 Å². The lowest BCUT2D eigenvalue weighted by Crippen LogP contribution is -2.11. The van der Waals surface area contributed by atoms with E-state index in [1.807, 2.05) is 36.4 Å². The zero-order valence-electron chi connectivity index (χ0n) is 13.4. The van der Waals surface area contributed by atoms with E-state index in [-0.39, 0.29) is 0 Å². The van der Waals surface area contributed by atoms with Gasteiger partial charge in [-0.25, -0.2) is 0 Å². The Morgan fingerprint density at radius 1 is 1.12 bits per heavy atom. The lowest BCUT2D eigenvalue weighted by molar-refractivity contribution is 0.410. The average molecular weight is 325 g/mol. The first-order valence-electron chi connectivity index (χ1n) is 7.67. The zero-order chi connectivity index (χ0) is 16.6. The molecule has 3 aromatic rings. The Morgan fingerprint density at radius 3 is 2.88 bits per heavy atom. The first-order valence-corrected chi connectivity index (χ1v) is 7.67. The maximum atomic E-state index is 5.34. The molecule has 0 unspecified atom stereocenters. The molecule has 7 heteroatoms. The second-order valence-corrected chi connectivity index (χ2v) is 5.09. The van der Waals surface area contributed by atoms with Crippen LogP contribution in [0.1, 0.15) is 11.3 Å². The number of nitrogens with one attached hydrogen (secondary N) is 2. The number of hydrogen-bond donors (Lipinski definition) is 2. The van der Waals surface area contributed by atoms with Gasteiger partial charge in [0.1, 0.15) is 11.5 Å². The molecule has 7 nitrogen and oxygen atoms in total. The van der Waals surface area contributed by atoms with Gasteiger partial charge in [-0.1, -0.05) is 18.2 Å². The highest BCUT2D eigenvalue weighted by Crippen LogP contribution is 2.17. The molecule has 0 fully saturated rings. The highest BCUT2D eigenvalue weighted by Gasteiger charge is 2.04. The SMILES string of the molecule is COc1ccccc1CCNc1nncc(NCc2ccco2)n1. The Bertz CT molecular complexity index is 761. The van der Waals surface area contributed by atoms with Gasteiger partial charge in [-0.3, -0.25) is 0 Å². The summed E-state index contributed by atoms with van der Waals surface area (Å²) >= 11 is 0. The predicted octanol–water partition coefficient (Wildman–Crippen LogP) is 2.74. The summed E-state index contributed by atoms with van der Waals surface area (Å²) in [5.74, 6) is 2.84. The molecule has 24 heavy (non-hydrogen) atoms. The molecule has 0 saturated heterocycles. The van der Waals surface area contributed by atoms with Crippen molar-refractivity contribution in [2.75, 3.05) is 24.3 Å². The molecule has 0 atom stereocenters. The van der Waals surface area contributed by atoms with E-state index in [1.54, 1.807) is 19.6 Å². The number of rotatable bonds is 8. The van der Waals surface area contributed by atoms with Crippen molar-refractivity contribution >= 4 is 11.8 Å².